The van der Waals surface area contributed by atoms with Crippen LogP contribution in [0.1, 0.15) is 0 Å². The number of rotatable bonds is 3. The molecule has 1 unspecified atom stereocenters. The van der Waals surface area contributed by atoms with Crippen LogP contribution in [0.2, 0.25) is 0 Å². The number of nitro groups is 1. The molecule has 9 heteroatoms. The van der Waals surface area contributed by atoms with E-state index >= 15 is 0 Å². The van der Waals surface area contributed by atoms with Gasteiger partial charge in [0.25, 0.3) is 5.69 Å². The molecule has 0 saturated carbocycles. The quantitative estimate of drug-likeness (QED) is 0.661. The summed E-state index contributed by atoms with van der Waals surface area (Å²) >= 11 is 2.97. The van der Waals surface area contributed by atoms with Crippen LogP contribution < -0.4 is 4.90 Å². The molecule has 1 aliphatic heterocycles. The van der Waals surface area contributed by atoms with E-state index in [9.17, 15) is 19.3 Å². The van der Waals surface area contributed by atoms with Crippen molar-refractivity contribution in [1.29, 1.82) is 0 Å². The number of nitro benzene ring substituents is 1. The lowest BCUT2D eigenvalue weighted by Gasteiger charge is -2.32. The molecule has 7 nitrogen and oxygen atoms in total. The summed E-state index contributed by atoms with van der Waals surface area (Å²) in [6.07, 6.45) is -1.06. The topological polar surface area (TPSA) is 92.9 Å². The third-order valence-corrected chi connectivity index (χ3v) is 3.50. The highest BCUT2D eigenvalue weighted by molar-refractivity contribution is 9.10. The minimum absolute atomic E-state index is 0.0335. The van der Waals surface area contributed by atoms with Gasteiger partial charge in [0.15, 0.2) is 6.10 Å². The van der Waals surface area contributed by atoms with E-state index in [1.807, 2.05) is 0 Å². The van der Waals surface area contributed by atoms with Gasteiger partial charge in [-0.1, -0.05) is 0 Å². The van der Waals surface area contributed by atoms with Gasteiger partial charge in [-0.25, -0.2) is 9.18 Å². The highest BCUT2D eigenvalue weighted by atomic mass is 79.9. The van der Waals surface area contributed by atoms with Crippen LogP contribution >= 0.6 is 15.9 Å². The minimum atomic E-state index is -1.14. The number of halogens is 2. The summed E-state index contributed by atoms with van der Waals surface area (Å²) in [4.78, 5) is 22.7. The Bertz CT molecular complexity index is 568. The predicted octanol–water partition coefficient (Wildman–Crippen LogP) is 1.79. The summed E-state index contributed by atoms with van der Waals surface area (Å²) < 4.78 is 18.5. The molecule has 1 aromatic rings. The molecule has 2 rings (SSSR count). The number of hydrogen-bond acceptors (Lipinski definition) is 5. The molecule has 1 aliphatic rings. The van der Waals surface area contributed by atoms with Gasteiger partial charge < -0.3 is 14.7 Å². The molecule has 1 heterocycles. The highest BCUT2D eigenvalue weighted by Crippen LogP contribution is 2.34. The zero-order valence-electron chi connectivity index (χ0n) is 10.1. The molecule has 20 heavy (non-hydrogen) atoms. The van der Waals surface area contributed by atoms with E-state index in [4.69, 9.17) is 9.84 Å². The average Bonchev–Trinajstić information content (AvgIpc) is 2.41. The van der Waals surface area contributed by atoms with Gasteiger partial charge >= 0.3 is 5.97 Å². The van der Waals surface area contributed by atoms with Crippen molar-refractivity contribution >= 4 is 33.3 Å². The molecule has 1 fully saturated rings. The smallest absolute Gasteiger partial charge is 0.334 e. The lowest BCUT2D eigenvalue weighted by molar-refractivity contribution is -0.384. The van der Waals surface area contributed by atoms with Crippen molar-refractivity contribution in [3.8, 4) is 0 Å². The van der Waals surface area contributed by atoms with Crippen LogP contribution in [0.3, 0.4) is 0 Å². The number of morpholine rings is 1. The van der Waals surface area contributed by atoms with E-state index in [1.165, 1.54) is 11.0 Å². The molecule has 0 bridgehead atoms. The third-order valence-electron chi connectivity index (χ3n) is 2.90. The Balaban J connectivity index is 2.38. The van der Waals surface area contributed by atoms with Gasteiger partial charge in [-0.2, -0.15) is 0 Å². The second-order valence-corrected chi connectivity index (χ2v) is 5.01. The van der Waals surface area contributed by atoms with E-state index in [0.717, 1.165) is 6.07 Å². The Hall–Kier alpha value is -1.74. The van der Waals surface area contributed by atoms with Gasteiger partial charge in [0, 0.05) is 6.54 Å². The summed E-state index contributed by atoms with van der Waals surface area (Å²) in [5.74, 6) is -1.89. The maximum atomic E-state index is 13.4. The first-order valence-electron chi connectivity index (χ1n) is 5.63. The van der Waals surface area contributed by atoms with Crippen LogP contribution in [-0.4, -0.2) is 41.8 Å². The van der Waals surface area contributed by atoms with E-state index in [2.05, 4.69) is 15.9 Å². The van der Waals surface area contributed by atoms with Crippen molar-refractivity contribution in [1.82, 2.24) is 0 Å². The van der Waals surface area contributed by atoms with Gasteiger partial charge in [-0.15, -0.1) is 0 Å². The Morgan fingerprint density at radius 2 is 2.30 bits per heavy atom. The molecule has 1 aromatic carbocycles. The zero-order chi connectivity index (χ0) is 14.9. The molecule has 1 saturated heterocycles. The van der Waals surface area contributed by atoms with Crippen molar-refractivity contribution in [3.05, 3.63) is 32.5 Å². The normalized spacial score (nSPS) is 18.9. The molecule has 0 aromatic heterocycles. The zero-order valence-corrected chi connectivity index (χ0v) is 11.7. The second-order valence-electron chi connectivity index (χ2n) is 4.16. The molecular weight excluding hydrogens is 339 g/mol. The fraction of sp³-hybridized carbons (Fsp3) is 0.364. The Morgan fingerprint density at radius 1 is 1.60 bits per heavy atom. The first-order valence-corrected chi connectivity index (χ1v) is 6.42. The number of ether oxygens (including phenoxy) is 1. The summed E-state index contributed by atoms with van der Waals surface area (Å²) in [6, 6.07) is 2.09. The molecule has 0 amide bonds. The molecule has 1 N–H and O–H groups in total. The minimum Gasteiger partial charge on any atom is -0.479 e. The molecule has 0 spiro atoms. The second kappa shape index (κ2) is 5.71. The van der Waals surface area contributed by atoms with E-state index in [1.54, 1.807) is 0 Å². The van der Waals surface area contributed by atoms with Crippen LogP contribution in [0, 0.1) is 15.9 Å². The largest absolute Gasteiger partial charge is 0.479 e. The number of hydrogen-bond donors (Lipinski definition) is 1. The van der Waals surface area contributed by atoms with Crippen LogP contribution in [-0.2, 0) is 9.53 Å². The average molecular weight is 349 g/mol. The number of benzene rings is 1. The number of carboxylic acid groups (broad SMARTS) is 1. The van der Waals surface area contributed by atoms with Gasteiger partial charge in [0.1, 0.15) is 11.5 Å². The van der Waals surface area contributed by atoms with Gasteiger partial charge in [0.2, 0.25) is 0 Å². The SMILES string of the molecule is O=C(O)C1CN(c2cc(Br)c(F)cc2[N+](=O)[O-])CCO1. The maximum Gasteiger partial charge on any atom is 0.334 e. The Labute approximate surface area is 121 Å². The van der Waals surface area contributed by atoms with Crippen molar-refractivity contribution < 1.29 is 24.0 Å². The predicted molar refractivity (Wildman–Crippen MR) is 70.3 cm³/mol. The Kier molecular flexibility index (Phi) is 4.19. The molecule has 108 valence electrons. The molecule has 0 aliphatic carbocycles. The lowest BCUT2D eigenvalue weighted by Crippen LogP contribution is -2.46. The maximum absolute atomic E-state index is 13.4. The van der Waals surface area contributed by atoms with Crippen molar-refractivity contribution in [2.24, 2.45) is 0 Å². The number of anilines is 1. The number of nitrogens with zero attached hydrogens (tertiary/aromatic N) is 2. The summed E-state index contributed by atoms with van der Waals surface area (Å²) in [7, 11) is 0. The van der Waals surface area contributed by atoms with E-state index < -0.39 is 28.5 Å². The van der Waals surface area contributed by atoms with E-state index in [-0.39, 0.29) is 23.3 Å². The third kappa shape index (κ3) is 2.88. The summed E-state index contributed by atoms with van der Waals surface area (Å²) in [5, 5.41) is 19.9. The summed E-state index contributed by atoms with van der Waals surface area (Å²) in [6.45, 7) is 0.389. The monoisotopic (exact) mass is 348 g/mol. The highest BCUT2D eigenvalue weighted by Gasteiger charge is 2.30. The summed E-state index contributed by atoms with van der Waals surface area (Å²) in [5.41, 5.74) is -0.241. The molecule has 1 atom stereocenters. The van der Waals surface area contributed by atoms with Crippen LogP contribution in [0.15, 0.2) is 16.6 Å². The number of carbonyl (C=O) groups is 1. The standard InChI is InChI=1S/C11H10BrFN2O5/c12-6-3-8(9(15(18)19)4-7(6)13)14-1-2-20-10(5-14)11(16)17/h3-4,10H,1-2,5H2,(H,16,17). The molecule has 0 radical (unpaired) electrons. The van der Waals surface area contributed by atoms with Gasteiger partial charge in [0.05, 0.1) is 28.6 Å². The fourth-order valence-corrected chi connectivity index (χ4v) is 2.27. The first kappa shape index (κ1) is 14.7. The van der Waals surface area contributed by atoms with Crippen molar-refractivity contribution in [3.63, 3.8) is 0 Å². The van der Waals surface area contributed by atoms with E-state index in [0.29, 0.717) is 6.54 Å². The first-order chi connectivity index (χ1) is 9.40. The lowest BCUT2D eigenvalue weighted by atomic mass is 10.2. The Morgan fingerprint density at radius 3 is 2.90 bits per heavy atom. The van der Waals surface area contributed by atoms with Gasteiger partial charge in [-0.3, -0.25) is 10.1 Å². The van der Waals surface area contributed by atoms with Gasteiger partial charge in [-0.05, 0) is 22.0 Å². The molecular formula is C11H10BrFN2O5. The van der Waals surface area contributed by atoms with Crippen LogP contribution in [0.5, 0.6) is 0 Å². The number of carboxylic acids is 1. The van der Waals surface area contributed by atoms with Crippen LogP contribution in [0.25, 0.3) is 0 Å². The van der Waals surface area contributed by atoms with Crippen molar-refractivity contribution in [2.45, 2.75) is 6.10 Å². The van der Waals surface area contributed by atoms with Crippen LogP contribution in [0.4, 0.5) is 15.8 Å². The fourth-order valence-electron chi connectivity index (χ4n) is 1.94. The van der Waals surface area contributed by atoms with Crippen molar-refractivity contribution in [2.75, 3.05) is 24.6 Å². The number of aliphatic carboxylic acids is 1.